The zero-order valence-corrected chi connectivity index (χ0v) is 13.0. The molecule has 114 valence electrons. The second-order valence-electron chi connectivity index (χ2n) is 6.13. The van der Waals surface area contributed by atoms with E-state index in [0.29, 0.717) is 18.1 Å². The van der Waals surface area contributed by atoms with Crippen LogP contribution >= 0.6 is 0 Å². The molecule has 2 aromatic heterocycles. The molecule has 2 N–H and O–H groups in total. The van der Waals surface area contributed by atoms with Crippen LogP contribution in [0, 0.1) is 5.92 Å². The average Bonchev–Trinajstić information content (AvgIpc) is 2.92. The summed E-state index contributed by atoms with van der Waals surface area (Å²) in [5.74, 6) is 1.51. The molecule has 3 rings (SSSR count). The smallest absolute Gasteiger partial charge is 0.143 e. The molecule has 0 bridgehead atoms. The molecule has 21 heavy (non-hydrogen) atoms. The lowest BCUT2D eigenvalue weighted by molar-refractivity contribution is -0.0161. The Labute approximate surface area is 125 Å². The van der Waals surface area contributed by atoms with E-state index in [1.807, 2.05) is 6.20 Å². The third kappa shape index (κ3) is 2.88. The van der Waals surface area contributed by atoms with Crippen LogP contribution in [0.25, 0.3) is 11.0 Å². The van der Waals surface area contributed by atoms with E-state index in [0.717, 1.165) is 42.7 Å². The molecule has 3 heterocycles. The minimum Gasteiger partial charge on any atom is -0.378 e. The predicted octanol–water partition coefficient (Wildman–Crippen LogP) is 3.14. The highest BCUT2D eigenvalue weighted by atomic mass is 16.5. The van der Waals surface area contributed by atoms with Crippen LogP contribution < -0.4 is 5.32 Å². The summed E-state index contributed by atoms with van der Waals surface area (Å²) >= 11 is 0. The number of aryl methyl sites for hydroxylation is 1. The maximum absolute atomic E-state index is 5.85. The molecule has 0 aliphatic carbocycles. The Bertz CT molecular complexity index is 607. The normalized spacial score (nSPS) is 22.9. The van der Waals surface area contributed by atoms with Gasteiger partial charge in [-0.05, 0) is 30.7 Å². The molecule has 2 unspecified atom stereocenters. The number of nitrogens with zero attached hydrogens (tertiary/aromatic N) is 2. The van der Waals surface area contributed by atoms with Crippen LogP contribution in [0.2, 0.25) is 0 Å². The molecule has 0 amide bonds. The highest BCUT2D eigenvalue weighted by molar-refractivity contribution is 5.90. The molecule has 0 aromatic carbocycles. The molecule has 1 aliphatic heterocycles. The Balaban J connectivity index is 1.83. The van der Waals surface area contributed by atoms with Crippen LogP contribution in [0.1, 0.15) is 39.2 Å². The zero-order valence-electron chi connectivity index (χ0n) is 13.0. The van der Waals surface area contributed by atoms with Gasteiger partial charge >= 0.3 is 0 Å². The van der Waals surface area contributed by atoms with E-state index in [1.165, 1.54) is 5.56 Å². The zero-order chi connectivity index (χ0) is 14.8. The lowest BCUT2D eigenvalue weighted by Crippen LogP contribution is -2.36. The van der Waals surface area contributed by atoms with E-state index in [4.69, 9.17) is 4.74 Å². The molecular weight excluding hydrogens is 264 g/mol. The predicted molar refractivity (Wildman–Crippen MR) is 84.5 cm³/mol. The number of H-pyrrole nitrogens is 1. The second kappa shape index (κ2) is 6.02. The van der Waals surface area contributed by atoms with Crippen LogP contribution in [-0.4, -0.2) is 33.7 Å². The van der Waals surface area contributed by atoms with Crippen molar-refractivity contribution in [2.24, 2.45) is 5.92 Å². The number of aromatic amines is 1. The van der Waals surface area contributed by atoms with Gasteiger partial charge in [0.25, 0.3) is 0 Å². The van der Waals surface area contributed by atoms with Gasteiger partial charge in [0.15, 0.2) is 0 Å². The molecule has 0 spiro atoms. The average molecular weight is 288 g/mol. The van der Waals surface area contributed by atoms with E-state index in [-0.39, 0.29) is 0 Å². The van der Waals surface area contributed by atoms with Crippen molar-refractivity contribution >= 4 is 16.9 Å². The molecule has 5 heteroatoms. The third-order valence-corrected chi connectivity index (χ3v) is 4.33. The molecule has 5 nitrogen and oxygen atoms in total. The summed E-state index contributed by atoms with van der Waals surface area (Å²) in [4.78, 5) is 12.0. The first-order valence-electron chi connectivity index (χ1n) is 7.88. The molecule has 2 aromatic rings. The van der Waals surface area contributed by atoms with Crippen molar-refractivity contribution < 1.29 is 4.74 Å². The van der Waals surface area contributed by atoms with Gasteiger partial charge in [-0.1, -0.05) is 20.8 Å². The standard InChI is InChI=1S/C16H24N4O/c1-4-11-8-17-15-14(11)16(19-9-18-15)20-12-5-6-21-13(7-12)10(2)3/h8-10,12-13H,4-7H2,1-3H3,(H2,17,18,19,20). The number of aromatic nitrogens is 3. The number of nitrogens with one attached hydrogen (secondary N) is 2. The van der Waals surface area contributed by atoms with Crippen molar-refractivity contribution in [1.82, 2.24) is 15.0 Å². The molecule has 0 radical (unpaired) electrons. The van der Waals surface area contributed by atoms with Gasteiger partial charge in [0, 0.05) is 18.8 Å². The van der Waals surface area contributed by atoms with E-state index in [2.05, 4.69) is 41.0 Å². The van der Waals surface area contributed by atoms with Crippen molar-refractivity contribution in [3.63, 3.8) is 0 Å². The molecule has 1 aliphatic rings. The second-order valence-corrected chi connectivity index (χ2v) is 6.13. The van der Waals surface area contributed by atoms with Gasteiger partial charge < -0.3 is 15.0 Å². The maximum Gasteiger partial charge on any atom is 0.143 e. The number of anilines is 1. The van der Waals surface area contributed by atoms with Gasteiger partial charge in [-0.3, -0.25) is 0 Å². The van der Waals surface area contributed by atoms with Crippen LogP contribution in [0.5, 0.6) is 0 Å². The van der Waals surface area contributed by atoms with Gasteiger partial charge in [-0.2, -0.15) is 0 Å². The molecule has 1 saturated heterocycles. The van der Waals surface area contributed by atoms with Crippen molar-refractivity contribution in [3.8, 4) is 0 Å². The Kier molecular flexibility index (Phi) is 4.10. The largest absolute Gasteiger partial charge is 0.378 e. The summed E-state index contributed by atoms with van der Waals surface area (Å²) in [6.07, 6.45) is 7.04. The Morgan fingerprint density at radius 2 is 2.29 bits per heavy atom. The maximum atomic E-state index is 5.85. The van der Waals surface area contributed by atoms with Gasteiger partial charge in [-0.15, -0.1) is 0 Å². The first kappa shape index (κ1) is 14.3. The molecule has 0 saturated carbocycles. The summed E-state index contributed by atoms with van der Waals surface area (Å²) < 4.78 is 5.85. The number of hydrogen-bond donors (Lipinski definition) is 2. The first-order valence-corrected chi connectivity index (χ1v) is 7.88. The fraction of sp³-hybridized carbons (Fsp3) is 0.625. The SMILES string of the molecule is CCc1c[nH]c2ncnc(NC3CCOC(C(C)C)C3)c12. The lowest BCUT2D eigenvalue weighted by atomic mass is 9.95. The molecule has 2 atom stereocenters. The summed E-state index contributed by atoms with van der Waals surface area (Å²) in [6, 6.07) is 0.420. The summed E-state index contributed by atoms with van der Waals surface area (Å²) in [5, 5.41) is 4.75. The van der Waals surface area contributed by atoms with Gasteiger partial charge in [0.05, 0.1) is 11.5 Å². The van der Waals surface area contributed by atoms with E-state index < -0.39 is 0 Å². The van der Waals surface area contributed by atoms with Crippen molar-refractivity contribution in [2.75, 3.05) is 11.9 Å². The number of ether oxygens (including phenoxy) is 1. The quantitative estimate of drug-likeness (QED) is 0.907. The Morgan fingerprint density at radius 1 is 1.43 bits per heavy atom. The lowest BCUT2D eigenvalue weighted by Gasteiger charge is -2.32. The minimum absolute atomic E-state index is 0.338. The van der Waals surface area contributed by atoms with E-state index >= 15 is 0 Å². The van der Waals surface area contributed by atoms with Crippen LogP contribution in [0.15, 0.2) is 12.5 Å². The van der Waals surface area contributed by atoms with E-state index in [1.54, 1.807) is 6.33 Å². The van der Waals surface area contributed by atoms with Crippen LogP contribution in [0.3, 0.4) is 0 Å². The van der Waals surface area contributed by atoms with Crippen molar-refractivity contribution in [3.05, 3.63) is 18.1 Å². The van der Waals surface area contributed by atoms with Crippen LogP contribution in [-0.2, 0) is 11.2 Å². The van der Waals surface area contributed by atoms with E-state index in [9.17, 15) is 0 Å². The monoisotopic (exact) mass is 288 g/mol. The van der Waals surface area contributed by atoms with Gasteiger partial charge in [-0.25, -0.2) is 9.97 Å². The summed E-state index contributed by atoms with van der Waals surface area (Å²) in [7, 11) is 0. The third-order valence-electron chi connectivity index (χ3n) is 4.33. The molecule has 1 fully saturated rings. The minimum atomic E-state index is 0.338. The van der Waals surface area contributed by atoms with Gasteiger partial charge in [0.1, 0.15) is 17.8 Å². The van der Waals surface area contributed by atoms with Gasteiger partial charge in [0.2, 0.25) is 0 Å². The molecular formula is C16H24N4O. The summed E-state index contributed by atoms with van der Waals surface area (Å²) in [6.45, 7) is 7.42. The highest BCUT2D eigenvalue weighted by Gasteiger charge is 2.25. The Morgan fingerprint density at radius 3 is 3.05 bits per heavy atom. The number of hydrogen-bond acceptors (Lipinski definition) is 4. The number of rotatable bonds is 4. The topological polar surface area (TPSA) is 62.8 Å². The first-order chi connectivity index (χ1) is 10.2. The fourth-order valence-electron chi connectivity index (χ4n) is 3.03. The van der Waals surface area contributed by atoms with Crippen LogP contribution in [0.4, 0.5) is 5.82 Å². The summed E-state index contributed by atoms with van der Waals surface area (Å²) in [5.41, 5.74) is 2.18. The van der Waals surface area contributed by atoms with Crippen molar-refractivity contribution in [1.29, 1.82) is 0 Å². The number of fused-ring (bicyclic) bond motifs is 1. The highest BCUT2D eigenvalue weighted by Crippen LogP contribution is 2.27. The fourth-order valence-corrected chi connectivity index (χ4v) is 3.03. The Hall–Kier alpha value is -1.62. The van der Waals surface area contributed by atoms with Crippen molar-refractivity contribution in [2.45, 2.75) is 52.2 Å².